The Balaban J connectivity index is 1.59. The van der Waals surface area contributed by atoms with Crippen molar-refractivity contribution in [1.82, 2.24) is 4.57 Å². The smallest absolute Gasteiger partial charge is 0.351 e. The van der Waals surface area contributed by atoms with Gasteiger partial charge in [0.15, 0.2) is 11.5 Å². The van der Waals surface area contributed by atoms with E-state index in [0.29, 0.717) is 18.0 Å². The van der Waals surface area contributed by atoms with Crippen LogP contribution in [0, 0.1) is 6.92 Å². The number of fused-ring (bicyclic) bond motifs is 1. The number of para-hydroxylation sites is 2. The molecule has 0 amide bonds. The molecule has 2 aromatic rings. The van der Waals surface area contributed by atoms with Crippen molar-refractivity contribution >= 4 is 17.3 Å². The van der Waals surface area contributed by atoms with E-state index < -0.39 is 18.2 Å². The van der Waals surface area contributed by atoms with Gasteiger partial charge in [0.2, 0.25) is 6.10 Å². The van der Waals surface area contributed by atoms with Crippen LogP contribution in [0.1, 0.15) is 12.6 Å². The van der Waals surface area contributed by atoms with E-state index in [9.17, 15) is 9.59 Å². The predicted molar refractivity (Wildman–Crippen MR) is 85.2 cm³/mol. The average Bonchev–Trinajstić information content (AvgIpc) is 2.86. The molecular weight excluding hydrogens is 318 g/mol. The van der Waals surface area contributed by atoms with Crippen molar-refractivity contribution in [1.29, 1.82) is 0 Å². The van der Waals surface area contributed by atoms with E-state index in [0.717, 1.165) is 17.0 Å². The van der Waals surface area contributed by atoms with E-state index in [-0.39, 0.29) is 11.5 Å². The number of hydrogen-bond acceptors (Lipinski definition) is 6. The van der Waals surface area contributed by atoms with Crippen LogP contribution in [0.4, 0.5) is 0 Å². The van der Waals surface area contributed by atoms with Crippen molar-refractivity contribution in [3.63, 3.8) is 0 Å². The zero-order valence-electron chi connectivity index (χ0n) is 12.9. The van der Waals surface area contributed by atoms with Crippen molar-refractivity contribution in [2.24, 2.45) is 0 Å². The highest BCUT2D eigenvalue weighted by molar-refractivity contribution is 7.07. The summed E-state index contributed by atoms with van der Waals surface area (Å²) >= 11 is 1.13. The third-order valence-corrected chi connectivity index (χ3v) is 4.49. The Labute approximate surface area is 137 Å². The average molecular weight is 335 g/mol. The molecule has 122 valence electrons. The first kappa shape index (κ1) is 15.6. The molecule has 7 heteroatoms. The van der Waals surface area contributed by atoms with Crippen LogP contribution in [-0.4, -0.2) is 29.4 Å². The molecule has 6 nitrogen and oxygen atoms in total. The molecule has 2 heterocycles. The Morgan fingerprint density at radius 1 is 1.30 bits per heavy atom. The monoisotopic (exact) mass is 335 g/mol. The van der Waals surface area contributed by atoms with Crippen LogP contribution in [0.2, 0.25) is 0 Å². The second-order valence-electron chi connectivity index (χ2n) is 5.27. The van der Waals surface area contributed by atoms with Gasteiger partial charge < -0.3 is 14.2 Å². The molecule has 0 aliphatic carbocycles. The number of aromatic nitrogens is 1. The number of nitrogens with zero attached hydrogens (tertiary/aromatic N) is 1. The minimum absolute atomic E-state index is 0.0573. The van der Waals surface area contributed by atoms with E-state index in [1.165, 1.54) is 0 Å². The van der Waals surface area contributed by atoms with Crippen molar-refractivity contribution < 1.29 is 19.0 Å². The van der Waals surface area contributed by atoms with Crippen LogP contribution in [0.25, 0.3) is 0 Å². The SMILES string of the molecule is Cc1csc(=O)n1CCOC(=O)C1Oc2ccccc2OC1C. The molecule has 1 aliphatic rings. The number of carbonyl (C=O) groups is 1. The summed E-state index contributed by atoms with van der Waals surface area (Å²) in [6.07, 6.45) is -1.26. The molecule has 23 heavy (non-hydrogen) atoms. The Bertz CT molecular complexity index is 766. The zero-order valence-corrected chi connectivity index (χ0v) is 13.7. The summed E-state index contributed by atoms with van der Waals surface area (Å²) in [5.74, 6) is 0.648. The molecule has 0 spiro atoms. The van der Waals surface area contributed by atoms with Crippen molar-refractivity contribution in [3.05, 3.63) is 45.0 Å². The highest BCUT2D eigenvalue weighted by Crippen LogP contribution is 2.33. The van der Waals surface area contributed by atoms with Gasteiger partial charge in [0.05, 0.1) is 6.54 Å². The maximum atomic E-state index is 12.2. The zero-order chi connectivity index (χ0) is 16.4. The molecule has 1 aromatic heterocycles. The molecule has 0 saturated heterocycles. The minimum Gasteiger partial charge on any atom is -0.482 e. The van der Waals surface area contributed by atoms with Crippen LogP contribution in [0.15, 0.2) is 34.4 Å². The van der Waals surface area contributed by atoms with Crippen LogP contribution < -0.4 is 14.3 Å². The fourth-order valence-corrected chi connectivity index (χ4v) is 3.13. The highest BCUT2D eigenvalue weighted by Gasteiger charge is 2.35. The van der Waals surface area contributed by atoms with Gasteiger partial charge in [0.25, 0.3) is 0 Å². The molecule has 0 saturated carbocycles. The topological polar surface area (TPSA) is 66.8 Å². The fourth-order valence-electron chi connectivity index (χ4n) is 2.37. The van der Waals surface area contributed by atoms with Gasteiger partial charge in [-0.25, -0.2) is 4.79 Å². The van der Waals surface area contributed by atoms with Gasteiger partial charge in [-0.15, -0.1) is 0 Å². The van der Waals surface area contributed by atoms with Gasteiger partial charge in [0.1, 0.15) is 12.7 Å². The van der Waals surface area contributed by atoms with E-state index in [1.807, 2.05) is 19.1 Å². The largest absolute Gasteiger partial charge is 0.482 e. The van der Waals surface area contributed by atoms with Gasteiger partial charge in [-0.2, -0.15) is 0 Å². The molecule has 0 fully saturated rings. The van der Waals surface area contributed by atoms with E-state index in [4.69, 9.17) is 14.2 Å². The molecule has 1 aromatic carbocycles. The summed E-state index contributed by atoms with van der Waals surface area (Å²) < 4.78 is 18.2. The Morgan fingerprint density at radius 3 is 2.65 bits per heavy atom. The lowest BCUT2D eigenvalue weighted by Crippen LogP contribution is -2.44. The van der Waals surface area contributed by atoms with E-state index in [1.54, 1.807) is 29.0 Å². The maximum absolute atomic E-state index is 12.2. The standard InChI is InChI=1S/C16H17NO5S/c1-10-9-23-16(19)17(10)7-8-20-15(18)14-11(2)21-12-5-3-4-6-13(12)22-14/h3-6,9,11,14H,7-8H2,1-2H3. The van der Waals surface area contributed by atoms with Crippen molar-refractivity contribution in [3.8, 4) is 11.5 Å². The summed E-state index contributed by atoms with van der Waals surface area (Å²) in [4.78, 5) is 23.8. The molecule has 3 rings (SSSR count). The quantitative estimate of drug-likeness (QED) is 0.800. The normalized spacial score (nSPS) is 19.4. The lowest BCUT2D eigenvalue weighted by Gasteiger charge is -2.30. The summed E-state index contributed by atoms with van der Waals surface area (Å²) in [5, 5.41) is 1.78. The number of rotatable bonds is 4. The van der Waals surface area contributed by atoms with E-state index in [2.05, 4.69) is 0 Å². The molecule has 0 bridgehead atoms. The second kappa shape index (κ2) is 6.45. The molecule has 2 atom stereocenters. The first-order valence-electron chi connectivity index (χ1n) is 7.30. The van der Waals surface area contributed by atoms with Crippen LogP contribution in [0.3, 0.4) is 0 Å². The highest BCUT2D eigenvalue weighted by atomic mass is 32.1. The number of benzene rings is 1. The number of ether oxygens (including phenoxy) is 3. The molecule has 0 N–H and O–H groups in total. The second-order valence-corrected chi connectivity index (χ2v) is 6.09. The number of thiazole rings is 1. The van der Waals surface area contributed by atoms with Gasteiger partial charge in [0, 0.05) is 11.1 Å². The fraction of sp³-hybridized carbons (Fsp3) is 0.375. The van der Waals surface area contributed by atoms with Crippen LogP contribution in [-0.2, 0) is 16.1 Å². The summed E-state index contributed by atoms with van der Waals surface area (Å²) in [6.45, 7) is 4.05. The number of carbonyl (C=O) groups excluding carboxylic acids is 1. The predicted octanol–water partition coefficient (Wildman–Crippen LogP) is 1.99. The lowest BCUT2D eigenvalue weighted by atomic mass is 10.2. The lowest BCUT2D eigenvalue weighted by molar-refractivity contribution is -0.158. The van der Waals surface area contributed by atoms with Gasteiger partial charge >= 0.3 is 10.8 Å². The third-order valence-electron chi connectivity index (χ3n) is 3.61. The van der Waals surface area contributed by atoms with Crippen molar-refractivity contribution in [2.45, 2.75) is 32.6 Å². The van der Waals surface area contributed by atoms with Crippen LogP contribution >= 0.6 is 11.3 Å². The summed E-state index contributed by atoms with van der Waals surface area (Å²) in [5.41, 5.74) is 0.857. The molecule has 0 radical (unpaired) electrons. The van der Waals surface area contributed by atoms with E-state index >= 15 is 0 Å². The number of esters is 1. The van der Waals surface area contributed by atoms with Gasteiger partial charge in [-0.1, -0.05) is 23.5 Å². The first-order chi connectivity index (χ1) is 11.1. The molecule has 2 unspecified atom stereocenters. The Morgan fingerprint density at radius 2 is 2.00 bits per heavy atom. The maximum Gasteiger partial charge on any atom is 0.351 e. The Kier molecular flexibility index (Phi) is 4.38. The number of hydrogen-bond donors (Lipinski definition) is 0. The van der Waals surface area contributed by atoms with Gasteiger partial charge in [-0.3, -0.25) is 9.36 Å². The summed E-state index contributed by atoms with van der Waals surface area (Å²) in [7, 11) is 0. The first-order valence-corrected chi connectivity index (χ1v) is 8.18. The third kappa shape index (κ3) is 3.24. The number of aryl methyl sites for hydroxylation is 1. The molecule has 1 aliphatic heterocycles. The molecular formula is C16H17NO5S. The minimum atomic E-state index is -0.815. The van der Waals surface area contributed by atoms with Crippen LogP contribution in [0.5, 0.6) is 11.5 Å². The Hall–Kier alpha value is -2.28. The van der Waals surface area contributed by atoms with Crippen molar-refractivity contribution in [2.75, 3.05) is 6.61 Å². The van der Waals surface area contributed by atoms with Gasteiger partial charge in [-0.05, 0) is 26.0 Å². The summed E-state index contributed by atoms with van der Waals surface area (Å²) in [6, 6.07) is 7.19.